The fourth-order valence-corrected chi connectivity index (χ4v) is 3.18. The minimum absolute atomic E-state index is 0.615. The van der Waals surface area contributed by atoms with Crippen molar-refractivity contribution in [3.8, 4) is 0 Å². The summed E-state index contributed by atoms with van der Waals surface area (Å²) in [5.41, 5.74) is 2.06. The summed E-state index contributed by atoms with van der Waals surface area (Å²) in [6.07, 6.45) is 3.58. The van der Waals surface area contributed by atoms with Crippen molar-refractivity contribution in [2.75, 3.05) is 36.0 Å². The largest absolute Gasteiger partial charge is 0.359 e. The Kier molecular flexibility index (Phi) is 9.18. The topological polar surface area (TPSA) is 30.5 Å². The summed E-state index contributed by atoms with van der Waals surface area (Å²) in [4.78, 5) is 4.15. The number of benzene rings is 2. The monoisotopic (exact) mass is 410 g/mol. The van der Waals surface area contributed by atoms with Crippen molar-refractivity contribution in [3.05, 3.63) is 86.0 Å². The number of thiocarbonyl (C=S) groups is 2. The zero-order valence-corrected chi connectivity index (χ0v) is 17.5. The quantitative estimate of drug-likeness (QED) is 0.478. The molecule has 0 bridgehead atoms. The number of nitrogens with zero attached hydrogens (tertiary/aromatic N) is 2. The van der Waals surface area contributed by atoms with E-state index in [2.05, 4.69) is 33.6 Å². The van der Waals surface area contributed by atoms with Crippen molar-refractivity contribution >= 4 is 46.0 Å². The minimum atomic E-state index is 0.615. The summed E-state index contributed by atoms with van der Waals surface area (Å²) in [6, 6.07) is 20.2. The molecule has 2 N–H and O–H groups in total. The van der Waals surface area contributed by atoms with Gasteiger partial charge in [0.15, 0.2) is 10.2 Å². The second-order valence-corrected chi connectivity index (χ2v) is 6.70. The third-order valence-corrected chi connectivity index (χ3v) is 4.70. The molecule has 0 saturated heterocycles. The van der Waals surface area contributed by atoms with Gasteiger partial charge >= 0.3 is 0 Å². The second kappa shape index (κ2) is 11.9. The molecule has 0 aromatic heterocycles. The molecule has 6 heteroatoms. The minimum Gasteiger partial charge on any atom is -0.359 e. The van der Waals surface area contributed by atoms with Crippen LogP contribution in [0.25, 0.3) is 0 Å². The summed E-state index contributed by atoms with van der Waals surface area (Å²) in [5.74, 6) is 0. The van der Waals surface area contributed by atoms with Crippen LogP contribution in [0.5, 0.6) is 0 Å². The van der Waals surface area contributed by atoms with Gasteiger partial charge in [-0.25, -0.2) is 0 Å². The van der Waals surface area contributed by atoms with Gasteiger partial charge in [-0.05, 0) is 48.7 Å². The van der Waals surface area contributed by atoms with Crippen LogP contribution in [-0.4, -0.2) is 36.4 Å². The number of anilines is 2. The zero-order chi connectivity index (χ0) is 20.2. The molecule has 0 amide bonds. The van der Waals surface area contributed by atoms with Gasteiger partial charge in [-0.3, -0.25) is 0 Å². The predicted molar refractivity (Wildman–Crippen MR) is 129 cm³/mol. The van der Waals surface area contributed by atoms with Gasteiger partial charge in [-0.1, -0.05) is 48.6 Å². The average molecular weight is 411 g/mol. The Bertz CT molecular complexity index is 710. The fourth-order valence-electron chi connectivity index (χ4n) is 2.62. The molecule has 0 radical (unpaired) electrons. The lowest BCUT2D eigenvalue weighted by Crippen LogP contribution is -2.47. The SMILES string of the molecule is C=CCNC(=S)N(CCN(C(=S)NCC=C)c1ccccc1)c1ccccc1. The van der Waals surface area contributed by atoms with Gasteiger partial charge in [-0.2, -0.15) is 0 Å². The van der Waals surface area contributed by atoms with E-state index in [0.29, 0.717) is 36.4 Å². The maximum Gasteiger partial charge on any atom is 0.173 e. The van der Waals surface area contributed by atoms with Gasteiger partial charge in [0.25, 0.3) is 0 Å². The second-order valence-electron chi connectivity index (χ2n) is 5.92. The Morgan fingerprint density at radius 1 is 0.714 bits per heavy atom. The van der Waals surface area contributed by atoms with Gasteiger partial charge in [-0.15, -0.1) is 13.2 Å². The lowest BCUT2D eigenvalue weighted by atomic mass is 10.2. The number of hydrogen-bond donors (Lipinski definition) is 2. The van der Waals surface area contributed by atoms with Gasteiger partial charge in [0.2, 0.25) is 0 Å². The molecule has 2 rings (SSSR count). The highest BCUT2D eigenvalue weighted by Gasteiger charge is 2.16. The number of rotatable bonds is 9. The van der Waals surface area contributed by atoms with Crippen LogP contribution in [0.1, 0.15) is 0 Å². The molecule has 0 atom stereocenters. The highest BCUT2D eigenvalue weighted by Crippen LogP contribution is 2.17. The molecule has 0 spiro atoms. The Labute approximate surface area is 178 Å². The molecule has 0 unspecified atom stereocenters. The van der Waals surface area contributed by atoms with E-state index in [1.165, 1.54) is 0 Å². The first-order chi connectivity index (χ1) is 13.7. The standard InChI is InChI=1S/C22H26N4S2/c1-3-15-23-21(27)25(19-11-7-5-8-12-19)17-18-26(22(28)24-16-4-2)20-13-9-6-10-14-20/h3-14H,1-2,15-18H2,(H,23,27)(H,24,28). The van der Waals surface area contributed by atoms with E-state index in [1.807, 2.05) is 60.7 Å². The summed E-state index contributed by atoms with van der Waals surface area (Å²) in [7, 11) is 0. The van der Waals surface area contributed by atoms with Crippen molar-refractivity contribution in [1.29, 1.82) is 0 Å². The first kappa shape index (κ1) is 21.6. The normalized spacial score (nSPS) is 9.86. The summed E-state index contributed by atoms with van der Waals surface area (Å²) in [5, 5.41) is 7.75. The molecule has 0 aliphatic rings. The van der Waals surface area contributed by atoms with Crippen molar-refractivity contribution in [2.24, 2.45) is 0 Å². The van der Waals surface area contributed by atoms with Crippen LogP contribution in [-0.2, 0) is 0 Å². The van der Waals surface area contributed by atoms with Gasteiger partial charge in [0.05, 0.1) is 0 Å². The van der Waals surface area contributed by atoms with E-state index in [-0.39, 0.29) is 0 Å². The van der Waals surface area contributed by atoms with E-state index in [4.69, 9.17) is 24.4 Å². The maximum absolute atomic E-state index is 5.61. The third kappa shape index (κ3) is 6.48. The molecular weight excluding hydrogens is 384 g/mol. The molecule has 0 saturated carbocycles. The van der Waals surface area contributed by atoms with Crippen LogP contribution >= 0.6 is 24.4 Å². The van der Waals surface area contributed by atoms with E-state index >= 15 is 0 Å². The first-order valence-electron chi connectivity index (χ1n) is 9.10. The average Bonchev–Trinajstić information content (AvgIpc) is 2.74. The zero-order valence-electron chi connectivity index (χ0n) is 15.9. The van der Waals surface area contributed by atoms with E-state index in [9.17, 15) is 0 Å². The smallest absolute Gasteiger partial charge is 0.173 e. The molecule has 0 aliphatic heterocycles. The molecule has 28 heavy (non-hydrogen) atoms. The molecular formula is C22H26N4S2. The van der Waals surface area contributed by atoms with Gasteiger partial charge in [0, 0.05) is 37.6 Å². The van der Waals surface area contributed by atoms with Crippen molar-refractivity contribution in [3.63, 3.8) is 0 Å². The Morgan fingerprint density at radius 3 is 1.39 bits per heavy atom. The molecule has 2 aromatic carbocycles. The van der Waals surface area contributed by atoms with Crippen LogP contribution < -0.4 is 20.4 Å². The van der Waals surface area contributed by atoms with E-state index in [1.54, 1.807) is 12.2 Å². The number of para-hydroxylation sites is 2. The Morgan fingerprint density at radius 2 is 1.07 bits per heavy atom. The summed E-state index contributed by atoms with van der Waals surface area (Å²) >= 11 is 11.2. The molecule has 0 heterocycles. The van der Waals surface area contributed by atoms with Gasteiger partial charge < -0.3 is 20.4 Å². The molecule has 2 aromatic rings. The number of nitrogens with one attached hydrogen (secondary N) is 2. The van der Waals surface area contributed by atoms with Crippen molar-refractivity contribution in [2.45, 2.75) is 0 Å². The van der Waals surface area contributed by atoms with Crippen LogP contribution in [0.2, 0.25) is 0 Å². The number of hydrogen-bond acceptors (Lipinski definition) is 2. The Balaban J connectivity index is 2.20. The predicted octanol–water partition coefficient (Wildman–Crippen LogP) is 4.12. The van der Waals surface area contributed by atoms with Crippen LogP contribution in [0.15, 0.2) is 86.0 Å². The van der Waals surface area contributed by atoms with E-state index < -0.39 is 0 Å². The molecule has 0 aliphatic carbocycles. The third-order valence-electron chi connectivity index (χ3n) is 3.97. The molecule has 146 valence electrons. The highest BCUT2D eigenvalue weighted by atomic mass is 32.1. The summed E-state index contributed by atoms with van der Waals surface area (Å²) in [6.45, 7) is 10.1. The lowest BCUT2D eigenvalue weighted by molar-refractivity contribution is 0.878. The molecule has 0 fully saturated rings. The first-order valence-corrected chi connectivity index (χ1v) is 9.91. The summed E-state index contributed by atoms with van der Waals surface area (Å²) < 4.78 is 0. The van der Waals surface area contributed by atoms with Crippen LogP contribution in [0.3, 0.4) is 0 Å². The van der Waals surface area contributed by atoms with Gasteiger partial charge in [0.1, 0.15) is 0 Å². The van der Waals surface area contributed by atoms with E-state index in [0.717, 1.165) is 11.4 Å². The van der Waals surface area contributed by atoms with Crippen LogP contribution in [0.4, 0.5) is 11.4 Å². The van der Waals surface area contributed by atoms with Crippen molar-refractivity contribution in [1.82, 2.24) is 10.6 Å². The maximum atomic E-state index is 5.61. The lowest BCUT2D eigenvalue weighted by Gasteiger charge is -2.31. The highest BCUT2D eigenvalue weighted by molar-refractivity contribution is 7.80. The van der Waals surface area contributed by atoms with Crippen molar-refractivity contribution < 1.29 is 0 Å². The Hall–Kier alpha value is -2.70. The molecule has 4 nitrogen and oxygen atoms in total. The van der Waals surface area contributed by atoms with Crippen LogP contribution in [0, 0.1) is 0 Å². The fraction of sp³-hybridized carbons (Fsp3) is 0.182.